The number of carbonyl (C=O) groups is 2. The number of benzene rings is 1. The monoisotopic (exact) mass is 387 g/mol. The molecule has 0 atom stereocenters. The van der Waals surface area contributed by atoms with Gasteiger partial charge in [0.25, 0.3) is 0 Å². The fourth-order valence-electron chi connectivity index (χ4n) is 2.13. The molecule has 0 saturated carbocycles. The molecule has 0 aliphatic carbocycles. The minimum absolute atomic E-state index is 0.445. The van der Waals surface area contributed by atoms with Crippen molar-refractivity contribution in [1.82, 2.24) is 9.80 Å². The van der Waals surface area contributed by atoms with Crippen molar-refractivity contribution >= 4 is 40.1 Å². The van der Waals surface area contributed by atoms with Crippen molar-refractivity contribution < 1.29 is 9.59 Å². The van der Waals surface area contributed by atoms with Gasteiger partial charge in [0, 0.05) is 35.4 Å². The first kappa shape index (κ1) is 15.2. The van der Waals surface area contributed by atoms with Crippen LogP contribution in [-0.4, -0.2) is 54.3 Å². The number of anilines is 1. The molecule has 1 aromatic rings. The zero-order valence-corrected chi connectivity index (χ0v) is 13.6. The van der Waals surface area contributed by atoms with Gasteiger partial charge >= 0.3 is 11.8 Å². The molecule has 1 aliphatic rings. The number of halogens is 1. The Morgan fingerprint density at radius 3 is 2.30 bits per heavy atom. The predicted octanol–water partition coefficient (Wildman–Crippen LogP) is 1.39. The molecule has 0 radical (unpaired) electrons. The number of rotatable bonds is 2. The van der Waals surface area contributed by atoms with Crippen LogP contribution in [0.4, 0.5) is 5.69 Å². The average Bonchev–Trinajstić information content (AvgIpc) is 2.49. The van der Waals surface area contributed by atoms with E-state index in [2.05, 4.69) is 39.7 Å². The van der Waals surface area contributed by atoms with Gasteiger partial charge in [-0.3, -0.25) is 9.59 Å². The Bertz CT molecular complexity index is 482. The molecule has 2 amide bonds. The number of likely N-dealkylation sites (N-methyl/N-ethyl adjacent to an activating group) is 1. The van der Waals surface area contributed by atoms with Gasteiger partial charge < -0.3 is 15.1 Å². The maximum Gasteiger partial charge on any atom is 0.313 e. The number of carbonyl (C=O) groups excluding carboxylic acids is 2. The topological polar surface area (TPSA) is 52.7 Å². The van der Waals surface area contributed by atoms with Crippen LogP contribution in [0.3, 0.4) is 0 Å². The number of nitrogens with one attached hydrogen (secondary N) is 1. The van der Waals surface area contributed by atoms with Crippen LogP contribution < -0.4 is 5.32 Å². The standard InChI is InChI=1S/C14H18IN3O2/c1-2-17-7-9-18(10-8-17)14(20)13(19)16-12-5-3-11(15)4-6-12/h3-6H,2,7-10H2,1H3,(H,16,19). The molecule has 1 aromatic carbocycles. The number of hydrogen-bond donors (Lipinski definition) is 1. The van der Waals surface area contributed by atoms with E-state index in [1.807, 2.05) is 12.1 Å². The summed E-state index contributed by atoms with van der Waals surface area (Å²) >= 11 is 2.19. The van der Waals surface area contributed by atoms with Crippen molar-refractivity contribution in [1.29, 1.82) is 0 Å². The largest absolute Gasteiger partial charge is 0.332 e. The summed E-state index contributed by atoms with van der Waals surface area (Å²) in [6.07, 6.45) is 0. The summed E-state index contributed by atoms with van der Waals surface area (Å²) in [4.78, 5) is 27.9. The van der Waals surface area contributed by atoms with E-state index in [0.717, 1.165) is 23.2 Å². The molecule has 0 bridgehead atoms. The second kappa shape index (κ2) is 7.03. The lowest BCUT2D eigenvalue weighted by Crippen LogP contribution is -2.51. The van der Waals surface area contributed by atoms with E-state index >= 15 is 0 Å². The molecule has 0 unspecified atom stereocenters. The number of amides is 2. The van der Waals surface area contributed by atoms with Gasteiger partial charge in [-0.25, -0.2) is 0 Å². The summed E-state index contributed by atoms with van der Waals surface area (Å²) in [6.45, 7) is 5.98. The Balaban J connectivity index is 1.89. The van der Waals surface area contributed by atoms with Gasteiger partial charge in [0.15, 0.2) is 0 Å². The van der Waals surface area contributed by atoms with Crippen molar-refractivity contribution in [2.75, 3.05) is 38.0 Å². The molecule has 20 heavy (non-hydrogen) atoms. The zero-order valence-electron chi connectivity index (χ0n) is 11.4. The van der Waals surface area contributed by atoms with Crippen molar-refractivity contribution in [3.05, 3.63) is 27.8 Å². The van der Waals surface area contributed by atoms with E-state index in [-0.39, 0.29) is 0 Å². The minimum atomic E-state index is -0.559. The summed E-state index contributed by atoms with van der Waals surface area (Å²) in [5, 5.41) is 2.64. The number of piperazine rings is 1. The Kier molecular flexibility index (Phi) is 5.36. The molecule has 1 heterocycles. The van der Waals surface area contributed by atoms with Crippen LogP contribution in [-0.2, 0) is 9.59 Å². The second-order valence-corrected chi connectivity index (χ2v) is 5.93. The summed E-state index contributed by atoms with van der Waals surface area (Å²) < 4.78 is 1.09. The van der Waals surface area contributed by atoms with Crippen LogP contribution in [0.2, 0.25) is 0 Å². The quantitative estimate of drug-likeness (QED) is 0.617. The van der Waals surface area contributed by atoms with Crippen LogP contribution in [0.5, 0.6) is 0 Å². The van der Waals surface area contributed by atoms with Crippen LogP contribution in [0.1, 0.15) is 6.92 Å². The third-order valence-electron chi connectivity index (χ3n) is 3.40. The Morgan fingerprint density at radius 2 is 1.75 bits per heavy atom. The number of hydrogen-bond acceptors (Lipinski definition) is 3. The zero-order chi connectivity index (χ0) is 14.5. The molecule has 0 spiro atoms. The minimum Gasteiger partial charge on any atom is -0.332 e. The molecule has 6 heteroatoms. The highest BCUT2D eigenvalue weighted by Crippen LogP contribution is 2.11. The average molecular weight is 387 g/mol. The Hall–Kier alpha value is -1.15. The van der Waals surface area contributed by atoms with E-state index in [1.165, 1.54) is 0 Å². The van der Waals surface area contributed by atoms with E-state index in [1.54, 1.807) is 17.0 Å². The first-order valence-corrected chi connectivity index (χ1v) is 7.76. The van der Waals surface area contributed by atoms with Gasteiger partial charge in [-0.2, -0.15) is 0 Å². The van der Waals surface area contributed by atoms with E-state index in [0.29, 0.717) is 18.8 Å². The smallest absolute Gasteiger partial charge is 0.313 e. The molecule has 108 valence electrons. The highest BCUT2D eigenvalue weighted by molar-refractivity contribution is 14.1. The molecular formula is C14H18IN3O2. The Labute approximate surface area is 132 Å². The lowest BCUT2D eigenvalue weighted by molar-refractivity contribution is -0.144. The van der Waals surface area contributed by atoms with Gasteiger partial charge in [0.2, 0.25) is 0 Å². The predicted molar refractivity (Wildman–Crippen MR) is 86.5 cm³/mol. The summed E-state index contributed by atoms with van der Waals surface area (Å²) in [6, 6.07) is 7.37. The molecule has 1 fully saturated rings. The van der Waals surface area contributed by atoms with E-state index in [4.69, 9.17) is 0 Å². The molecule has 2 rings (SSSR count). The van der Waals surface area contributed by atoms with Crippen LogP contribution in [0, 0.1) is 3.57 Å². The van der Waals surface area contributed by atoms with Gasteiger partial charge in [0.1, 0.15) is 0 Å². The summed E-state index contributed by atoms with van der Waals surface area (Å²) in [5.74, 6) is -1.00. The SMILES string of the molecule is CCN1CCN(C(=O)C(=O)Nc2ccc(I)cc2)CC1. The fraction of sp³-hybridized carbons (Fsp3) is 0.429. The molecule has 1 saturated heterocycles. The lowest BCUT2D eigenvalue weighted by atomic mass is 10.3. The van der Waals surface area contributed by atoms with Gasteiger partial charge in [-0.05, 0) is 53.4 Å². The van der Waals surface area contributed by atoms with Gasteiger partial charge in [-0.1, -0.05) is 6.92 Å². The van der Waals surface area contributed by atoms with E-state index < -0.39 is 11.8 Å². The maximum absolute atomic E-state index is 12.1. The van der Waals surface area contributed by atoms with Crippen LogP contribution in [0.15, 0.2) is 24.3 Å². The van der Waals surface area contributed by atoms with Crippen LogP contribution >= 0.6 is 22.6 Å². The highest BCUT2D eigenvalue weighted by Gasteiger charge is 2.25. The molecule has 1 aliphatic heterocycles. The lowest BCUT2D eigenvalue weighted by Gasteiger charge is -2.33. The van der Waals surface area contributed by atoms with Gasteiger partial charge in [0.05, 0.1) is 0 Å². The normalized spacial score (nSPS) is 16.0. The van der Waals surface area contributed by atoms with Crippen molar-refractivity contribution in [3.63, 3.8) is 0 Å². The fourth-order valence-corrected chi connectivity index (χ4v) is 2.49. The van der Waals surface area contributed by atoms with Crippen molar-refractivity contribution in [2.24, 2.45) is 0 Å². The van der Waals surface area contributed by atoms with Crippen molar-refractivity contribution in [3.8, 4) is 0 Å². The Morgan fingerprint density at radius 1 is 1.15 bits per heavy atom. The number of nitrogens with zero attached hydrogens (tertiary/aromatic N) is 2. The van der Waals surface area contributed by atoms with Crippen LogP contribution in [0.25, 0.3) is 0 Å². The highest BCUT2D eigenvalue weighted by atomic mass is 127. The maximum atomic E-state index is 12.1. The first-order chi connectivity index (χ1) is 9.60. The second-order valence-electron chi connectivity index (χ2n) is 4.69. The first-order valence-electron chi connectivity index (χ1n) is 6.68. The summed E-state index contributed by atoms with van der Waals surface area (Å²) in [7, 11) is 0. The molecule has 0 aromatic heterocycles. The third-order valence-corrected chi connectivity index (χ3v) is 4.12. The van der Waals surface area contributed by atoms with Gasteiger partial charge in [-0.15, -0.1) is 0 Å². The third kappa shape index (κ3) is 3.92. The van der Waals surface area contributed by atoms with E-state index in [9.17, 15) is 9.59 Å². The van der Waals surface area contributed by atoms with Crippen molar-refractivity contribution in [2.45, 2.75) is 6.92 Å². The molecule has 5 nitrogen and oxygen atoms in total. The summed E-state index contributed by atoms with van der Waals surface area (Å²) in [5.41, 5.74) is 0.649. The molecular weight excluding hydrogens is 369 g/mol. The molecule has 1 N–H and O–H groups in total.